The topological polar surface area (TPSA) is 0 Å². The summed E-state index contributed by atoms with van der Waals surface area (Å²) in [6, 6.07) is 75.5. The first-order chi connectivity index (χ1) is 25.8. The second-order valence-corrected chi connectivity index (χ2v) is 13.6. The number of hydrogen-bond acceptors (Lipinski definition) is 0. The molecule has 10 rings (SSSR count). The van der Waals surface area contributed by atoms with Crippen LogP contribution in [0, 0.1) is 0 Å². The molecule has 0 saturated heterocycles. The maximum atomic E-state index is 2.34. The van der Waals surface area contributed by atoms with E-state index in [0.717, 1.165) is 0 Å². The fourth-order valence-electron chi connectivity index (χ4n) is 8.18. The minimum atomic E-state index is 1.23. The molecule has 242 valence electrons. The van der Waals surface area contributed by atoms with E-state index >= 15 is 0 Å². The Morgan fingerprint density at radius 3 is 0.923 bits per heavy atom. The zero-order chi connectivity index (χ0) is 34.4. The molecule has 0 radical (unpaired) electrons. The van der Waals surface area contributed by atoms with Crippen LogP contribution >= 0.6 is 0 Å². The second-order valence-electron chi connectivity index (χ2n) is 13.6. The largest absolute Gasteiger partial charge is 0.0622 e. The molecule has 52 heavy (non-hydrogen) atoms. The Balaban J connectivity index is 1.09. The highest BCUT2D eigenvalue weighted by molar-refractivity contribution is 6.15. The fraction of sp³-hybridized carbons (Fsp3) is 0. The average molecular weight is 659 g/mol. The standard InChI is InChI=1S/C52H34/c1-3-13-35(14-4-1)37-23-24-39-34-40(26-25-38(39)33-37)42-28-30-50(46-20-10-8-18-44(42)46)52-32-31-51(47-21-11-12-22-48(47)52)49-29-27-41(36-15-5-2-6-16-36)43-17-7-9-19-45(43)49/h1-34H. The van der Waals surface area contributed by atoms with Crippen LogP contribution in [0.3, 0.4) is 0 Å². The van der Waals surface area contributed by atoms with Crippen molar-refractivity contribution in [3.8, 4) is 55.6 Å². The van der Waals surface area contributed by atoms with E-state index in [4.69, 9.17) is 0 Å². The summed E-state index contributed by atoms with van der Waals surface area (Å²) in [5.41, 5.74) is 12.5. The van der Waals surface area contributed by atoms with Crippen LogP contribution in [0.4, 0.5) is 0 Å². The van der Waals surface area contributed by atoms with E-state index in [9.17, 15) is 0 Å². The Hall–Kier alpha value is -6.76. The third-order valence-electron chi connectivity index (χ3n) is 10.7. The first kappa shape index (κ1) is 30.1. The Labute approximate surface area is 303 Å². The summed E-state index contributed by atoms with van der Waals surface area (Å²) in [6.45, 7) is 0. The van der Waals surface area contributed by atoms with Gasteiger partial charge in [-0.1, -0.05) is 194 Å². The van der Waals surface area contributed by atoms with Crippen molar-refractivity contribution in [2.45, 2.75) is 0 Å². The first-order valence-electron chi connectivity index (χ1n) is 18.0. The van der Waals surface area contributed by atoms with Gasteiger partial charge >= 0.3 is 0 Å². The van der Waals surface area contributed by atoms with Gasteiger partial charge in [0.25, 0.3) is 0 Å². The van der Waals surface area contributed by atoms with Crippen LogP contribution < -0.4 is 0 Å². The zero-order valence-corrected chi connectivity index (χ0v) is 28.6. The molecule has 0 heterocycles. The van der Waals surface area contributed by atoms with Crippen LogP contribution in [0.15, 0.2) is 206 Å². The van der Waals surface area contributed by atoms with E-state index in [-0.39, 0.29) is 0 Å². The molecule has 0 bridgehead atoms. The lowest BCUT2D eigenvalue weighted by Gasteiger charge is -2.17. The summed E-state index contributed by atoms with van der Waals surface area (Å²) >= 11 is 0. The summed E-state index contributed by atoms with van der Waals surface area (Å²) < 4.78 is 0. The Bertz CT molecular complexity index is 2940. The van der Waals surface area contributed by atoms with E-state index < -0.39 is 0 Å². The maximum absolute atomic E-state index is 2.34. The minimum absolute atomic E-state index is 1.23. The van der Waals surface area contributed by atoms with E-state index in [1.165, 1.54) is 98.7 Å². The summed E-state index contributed by atoms with van der Waals surface area (Å²) in [5, 5.41) is 10.1. The SMILES string of the molecule is c1ccc(-c2ccc3cc(-c4ccc(-c5ccc(-c6ccc(-c7ccccc7)c7ccccc67)c6ccccc56)c5ccccc45)ccc3c2)cc1. The van der Waals surface area contributed by atoms with Gasteiger partial charge in [0.05, 0.1) is 0 Å². The summed E-state index contributed by atoms with van der Waals surface area (Å²) in [4.78, 5) is 0. The van der Waals surface area contributed by atoms with Crippen molar-refractivity contribution in [3.05, 3.63) is 206 Å². The highest BCUT2D eigenvalue weighted by Crippen LogP contribution is 2.43. The fourth-order valence-corrected chi connectivity index (χ4v) is 8.18. The quantitative estimate of drug-likeness (QED) is 0.173. The molecular formula is C52H34. The molecule has 0 aliphatic rings. The predicted octanol–water partition coefficient (Wildman–Crippen LogP) is 14.6. The van der Waals surface area contributed by atoms with Gasteiger partial charge in [0, 0.05) is 0 Å². The molecule has 0 aromatic heterocycles. The molecule has 0 aliphatic heterocycles. The van der Waals surface area contributed by atoms with Gasteiger partial charge in [0.15, 0.2) is 0 Å². The van der Waals surface area contributed by atoms with Gasteiger partial charge in [0.1, 0.15) is 0 Å². The molecule has 0 atom stereocenters. The Kier molecular flexibility index (Phi) is 7.25. The molecule has 0 nitrogen and oxygen atoms in total. The Morgan fingerprint density at radius 1 is 0.173 bits per heavy atom. The Morgan fingerprint density at radius 2 is 0.481 bits per heavy atom. The van der Waals surface area contributed by atoms with Gasteiger partial charge in [-0.15, -0.1) is 0 Å². The summed E-state index contributed by atoms with van der Waals surface area (Å²) in [7, 11) is 0. The van der Waals surface area contributed by atoms with E-state index in [1.807, 2.05) is 0 Å². The monoisotopic (exact) mass is 658 g/mol. The van der Waals surface area contributed by atoms with Crippen LogP contribution in [0.1, 0.15) is 0 Å². The normalized spacial score (nSPS) is 11.5. The smallest absolute Gasteiger partial charge is 0.00987 e. The molecule has 10 aromatic rings. The molecular weight excluding hydrogens is 625 g/mol. The van der Waals surface area contributed by atoms with Crippen molar-refractivity contribution < 1.29 is 0 Å². The van der Waals surface area contributed by atoms with Gasteiger partial charge in [-0.3, -0.25) is 0 Å². The van der Waals surface area contributed by atoms with Crippen molar-refractivity contribution in [1.29, 1.82) is 0 Å². The molecule has 0 fully saturated rings. The maximum Gasteiger partial charge on any atom is -0.00987 e. The van der Waals surface area contributed by atoms with Crippen molar-refractivity contribution >= 4 is 43.1 Å². The zero-order valence-electron chi connectivity index (χ0n) is 28.6. The highest BCUT2D eigenvalue weighted by atomic mass is 14.2. The molecule has 10 aromatic carbocycles. The van der Waals surface area contributed by atoms with E-state index in [2.05, 4.69) is 206 Å². The number of hydrogen-bond donors (Lipinski definition) is 0. The van der Waals surface area contributed by atoms with Crippen LogP contribution in [0.2, 0.25) is 0 Å². The summed E-state index contributed by atoms with van der Waals surface area (Å²) in [5.74, 6) is 0. The van der Waals surface area contributed by atoms with Gasteiger partial charge in [-0.25, -0.2) is 0 Å². The van der Waals surface area contributed by atoms with Crippen LogP contribution in [-0.4, -0.2) is 0 Å². The third-order valence-corrected chi connectivity index (χ3v) is 10.7. The minimum Gasteiger partial charge on any atom is -0.0622 e. The number of rotatable bonds is 5. The van der Waals surface area contributed by atoms with Gasteiger partial charge in [-0.05, 0) is 111 Å². The van der Waals surface area contributed by atoms with Crippen LogP contribution in [-0.2, 0) is 0 Å². The second kappa shape index (κ2) is 12.5. The van der Waals surface area contributed by atoms with Crippen molar-refractivity contribution in [1.82, 2.24) is 0 Å². The summed E-state index contributed by atoms with van der Waals surface area (Å²) in [6.07, 6.45) is 0. The molecule has 0 saturated carbocycles. The van der Waals surface area contributed by atoms with Crippen LogP contribution in [0.25, 0.3) is 98.7 Å². The van der Waals surface area contributed by atoms with Crippen LogP contribution in [0.5, 0.6) is 0 Å². The van der Waals surface area contributed by atoms with Gasteiger partial charge < -0.3 is 0 Å². The molecule has 0 heteroatoms. The third kappa shape index (κ3) is 5.08. The molecule has 0 aliphatic carbocycles. The van der Waals surface area contributed by atoms with Crippen molar-refractivity contribution in [3.63, 3.8) is 0 Å². The van der Waals surface area contributed by atoms with Crippen molar-refractivity contribution in [2.75, 3.05) is 0 Å². The van der Waals surface area contributed by atoms with Gasteiger partial charge in [-0.2, -0.15) is 0 Å². The van der Waals surface area contributed by atoms with Gasteiger partial charge in [0.2, 0.25) is 0 Å². The molecule has 0 spiro atoms. The molecule has 0 amide bonds. The average Bonchev–Trinajstić information content (AvgIpc) is 3.23. The lowest BCUT2D eigenvalue weighted by molar-refractivity contribution is 1.63. The predicted molar refractivity (Wildman–Crippen MR) is 224 cm³/mol. The number of benzene rings is 10. The highest BCUT2D eigenvalue weighted by Gasteiger charge is 2.16. The molecule has 0 unspecified atom stereocenters. The lowest BCUT2D eigenvalue weighted by atomic mass is 9.86. The van der Waals surface area contributed by atoms with Crippen molar-refractivity contribution in [2.24, 2.45) is 0 Å². The molecule has 0 N–H and O–H groups in total. The lowest BCUT2D eigenvalue weighted by Crippen LogP contribution is -1.91. The van der Waals surface area contributed by atoms with E-state index in [1.54, 1.807) is 0 Å². The van der Waals surface area contributed by atoms with E-state index in [0.29, 0.717) is 0 Å². The first-order valence-corrected chi connectivity index (χ1v) is 18.0. The number of fused-ring (bicyclic) bond motifs is 4.